The Kier molecular flexibility index (Phi) is 8.20. The summed E-state index contributed by atoms with van der Waals surface area (Å²) in [4.78, 5) is 48.8. The molecule has 0 aliphatic carbocycles. The first kappa shape index (κ1) is 29.6. The van der Waals surface area contributed by atoms with E-state index < -0.39 is 29.1 Å². The maximum Gasteiger partial charge on any atom is 0.253 e. The number of aliphatic hydroxyl groups excluding tert-OH is 1. The molecular weight excluding hydrogens is 566 g/mol. The van der Waals surface area contributed by atoms with Gasteiger partial charge in [-0.1, -0.05) is 86.0 Å². The fraction of sp³-hybridized carbons (Fsp3) is 0.441. The number of hydrogen-bond donors (Lipinski definition) is 1. The van der Waals surface area contributed by atoms with Crippen LogP contribution < -0.4 is 9.80 Å². The number of halogens is 1. The molecule has 0 bridgehead atoms. The van der Waals surface area contributed by atoms with Gasteiger partial charge in [-0.25, -0.2) is 0 Å². The second-order valence-electron chi connectivity index (χ2n) is 11.8. The first-order chi connectivity index (χ1) is 20.9. The van der Waals surface area contributed by atoms with Crippen molar-refractivity contribution in [3.05, 3.63) is 83.9 Å². The highest BCUT2D eigenvalue weighted by molar-refractivity contribution is 6.34. The largest absolute Gasteiger partial charge is 0.396 e. The lowest BCUT2D eigenvalue weighted by molar-refractivity contribution is -0.145. The molecule has 4 aliphatic rings. The summed E-state index contributed by atoms with van der Waals surface area (Å²) in [6.45, 7) is 3.07. The summed E-state index contributed by atoms with van der Waals surface area (Å²) >= 11 is 6.57. The summed E-state index contributed by atoms with van der Waals surface area (Å²) in [6.07, 6.45) is 11.1. The van der Waals surface area contributed by atoms with Gasteiger partial charge in [0.15, 0.2) is 0 Å². The highest BCUT2D eigenvalue weighted by atomic mass is 35.5. The van der Waals surface area contributed by atoms with E-state index in [9.17, 15) is 19.5 Å². The van der Waals surface area contributed by atoms with Gasteiger partial charge in [0.25, 0.3) is 5.91 Å². The van der Waals surface area contributed by atoms with Crippen molar-refractivity contribution in [1.29, 1.82) is 0 Å². The molecule has 4 heterocycles. The fourth-order valence-electron chi connectivity index (χ4n) is 7.47. The molecule has 0 aromatic heterocycles. The second kappa shape index (κ2) is 11.9. The maximum atomic E-state index is 14.6. The predicted octanol–water partition coefficient (Wildman–Crippen LogP) is 4.76. The van der Waals surface area contributed by atoms with Crippen molar-refractivity contribution in [2.45, 2.75) is 56.3 Å². The Bertz CT molecular complexity index is 1450. The Morgan fingerprint density at radius 1 is 0.837 bits per heavy atom. The number of hydrogen-bond acceptors (Lipinski definition) is 5. The number of aliphatic hydroxyl groups is 1. The normalized spacial score (nSPS) is 29.9. The van der Waals surface area contributed by atoms with Crippen molar-refractivity contribution in [2.75, 3.05) is 36.0 Å². The third kappa shape index (κ3) is 4.80. The number of rotatable bonds is 9. The van der Waals surface area contributed by atoms with Crippen LogP contribution in [0.3, 0.4) is 0 Å². The molecule has 43 heavy (non-hydrogen) atoms. The van der Waals surface area contributed by atoms with Gasteiger partial charge in [0.05, 0.1) is 28.1 Å². The molecule has 0 saturated carbocycles. The van der Waals surface area contributed by atoms with E-state index >= 15 is 0 Å². The number of carbonyl (C=O) groups is 3. The molecule has 1 unspecified atom stereocenters. The molecule has 2 fully saturated rings. The first-order valence-electron chi connectivity index (χ1n) is 15.3. The van der Waals surface area contributed by atoms with Crippen LogP contribution in [0.1, 0.15) is 39.0 Å². The molecule has 6 rings (SSSR count). The van der Waals surface area contributed by atoms with Gasteiger partial charge in [-0.2, -0.15) is 0 Å². The summed E-state index contributed by atoms with van der Waals surface area (Å²) < 4.78 is 7.07. The molecule has 1 spiro atoms. The van der Waals surface area contributed by atoms with E-state index in [-0.39, 0.29) is 30.9 Å². The molecule has 0 radical (unpaired) electrons. The number of anilines is 2. The summed E-state index contributed by atoms with van der Waals surface area (Å²) in [6, 6.07) is 15.7. The number of carbonyl (C=O) groups excluding carboxylic acids is 3. The van der Waals surface area contributed by atoms with E-state index in [2.05, 4.69) is 0 Å². The van der Waals surface area contributed by atoms with Crippen molar-refractivity contribution >= 4 is 40.7 Å². The summed E-state index contributed by atoms with van der Waals surface area (Å²) in [5.74, 6) is -2.37. The Hall–Kier alpha value is -3.46. The van der Waals surface area contributed by atoms with Crippen LogP contribution >= 0.6 is 11.6 Å². The zero-order valence-electron chi connectivity index (χ0n) is 24.4. The van der Waals surface area contributed by atoms with Gasteiger partial charge in [-0.05, 0) is 43.5 Å². The molecule has 4 aliphatic heterocycles. The molecule has 2 aromatic rings. The van der Waals surface area contributed by atoms with Crippen molar-refractivity contribution in [2.24, 2.45) is 11.8 Å². The van der Waals surface area contributed by atoms with Gasteiger partial charge in [0.2, 0.25) is 11.8 Å². The van der Waals surface area contributed by atoms with Crippen molar-refractivity contribution in [3.63, 3.8) is 0 Å². The predicted molar refractivity (Wildman–Crippen MR) is 166 cm³/mol. The molecule has 8 nitrogen and oxygen atoms in total. The highest BCUT2D eigenvalue weighted by Crippen LogP contribution is 2.59. The van der Waals surface area contributed by atoms with Gasteiger partial charge in [-0.15, -0.1) is 0 Å². The molecular formula is C34H38ClN3O5. The van der Waals surface area contributed by atoms with Crippen LogP contribution in [0.4, 0.5) is 11.4 Å². The molecule has 2 aromatic carbocycles. The lowest BCUT2D eigenvalue weighted by Crippen LogP contribution is -2.56. The number of benzene rings is 2. The summed E-state index contributed by atoms with van der Waals surface area (Å²) in [7, 11) is 0. The molecule has 1 N–H and O–H groups in total. The number of unbranched alkanes of at least 4 members (excludes halogenated alkanes) is 3. The third-order valence-corrected chi connectivity index (χ3v) is 9.78. The maximum absolute atomic E-state index is 14.6. The zero-order chi connectivity index (χ0) is 30.2. The van der Waals surface area contributed by atoms with E-state index in [1.165, 1.54) is 0 Å². The molecule has 5 atom stereocenters. The Morgan fingerprint density at radius 2 is 1.53 bits per heavy atom. The van der Waals surface area contributed by atoms with Crippen LogP contribution in [-0.2, 0) is 19.1 Å². The van der Waals surface area contributed by atoms with Crippen LogP contribution in [-0.4, -0.2) is 71.2 Å². The summed E-state index contributed by atoms with van der Waals surface area (Å²) in [5, 5.41) is 9.67. The Balaban J connectivity index is 1.45. The number of likely N-dealkylation sites (tertiary alicyclic amines) is 1. The van der Waals surface area contributed by atoms with Gasteiger partial charge in [-0.3, -0.25) is 14.4 Å². The lowest BCUT2D eigenvalue weighted by Gasteiger charge is -2.38. The number of fused-ring (bicyclic) bond motifs is 2. The highest BCUT2D eigenvalue weighted by Gasteiger charge is 2.75. The van der Waals surface area contributed by atoms with E-state index in [1.807, 2.05) is 73.7 Å². The quantitative estimate of drug-likeness (QED) is 0.330. The minimum Gasteiger partial charge on any atom is -0.396 e. The van der Waals surface area contributed by atoms with Gasteiger partial charge in [0.1, 0.15) is 11.6 Å². The number of para-hydroxylation sites is 2. The number of amides is 3. The van der Waals surface area contributed by atoms with E-state index in [1.54, 1.807) is 26.8 Å². The molecule has 9 heteroatoms. The van der Waals surface area contributed by atoms with E-state index in [0.29, 0.717) is 43.1 Å². The Morgan fingerprint density at radius 3 is 2.28 bits per heavy atom. The second-order valence-corrected chi connectivity index (χ2v) is 12.2. The van der Waals surface area contributed by atoms with Crippen molar-refractivity contribution in [1.82, 2.24) is 4.90 Å². The first-order valence-corrected chi connectivity index (χ1v) is 15.7. The average molecular weight is 604 g/mol. The third-order valence-electron chi connectivity index (χ3n) is 9.46. The van der Waals surface area contributed by atoms with Crippen molar-refractivity contribution in [3.8, 4) is 0 Å². The van der Waals surface area contributed by atoms with Gasteiger partial charge < -0.3 is 24.5 Å². The fourth-order valence-corrected chi connectivity index (χ4v) is 7.71. The standard InChI is InChI=1S/C34H38ClN3O5/c1-2-33-18-12-21-36(24-14-6-5-7-15-24)30(40)27(33)28-31(41)38(20-10-3-4-11-23-39)29-32(42)37(22-13-19-34(28,29)43-33)26-17-9-8-16-25(26)35/h5-9,12-19,27-29,39H,2-4,10-11,20-23H2,1H3/t27-,28-,29?,33+,34-/m0/s1. The zero-order valence-corrected chi connectivity index (χ0v) is 25.2. The number of ether oxygens (including phenoxy) is 1. The topological polar surface area (TPSA) is 90.4 Å². The van der Waals surface area contributed by atoms with E-state index in [4.69, 9.17) is 16.3 Å². The molecule has 2 saturated heterocycles. The van der Waals surface area contributed by atoms with Crippen LogP contribution in [0.25, 0.3) is 0 Å². The molecule has 3 amide bonds. The van der Waals surface area contributed by atoms with Crippen LogP contribution in [0.15, 0.2) is 78.9 Å². The van der Waals surface area contributed by atoms with Gasteiger partial charge in [0, 0.05) is 31.9 Å². The average Bonchev–Trinajstić information content (AvgIpc) is 3.30. The Labute approximate surface area is 257 Å². The summed E-state index contributed by atoms with van der Waals surface area (Å²) in [5.41, 5.74) is -1.05. The minimum atomic E-state index is -1.32. The smallest absolute Gasteiger partial charge is 0.253 e. The van der Waals surface area contributed by atoms with Gasteiger partial charge >= 0.3 is 0 Å². The van der Waals surface area contributed by atoms with Crippen LogP contribution in [0.2, 0.25) is 5.02 Å². The monoisotopic (exact) mass is 603 g/mol. The van der Waals surface area contributed by atoms with Crippen molar-refractivity contribution < 1.29 is 24.2 Å². The minimum absolute atomic E-state index is 0.120. The lowest BCUT2D eigenvalue weighted by atomic mass is 9.73. The van der Waals surface area contributed by atoms with E-state index in [0.717, 1.165) is 18.5 Å². The number of nitrogens with zero attached hydrogens (tertiary/aromatic N) is 3. The van der Waals surface area contributed by atoms with Crippen LogP contribution in [0, 0.1) is 11.8 Å². The SMILES string of the molecule is CC[C@@]12C=CCN(c3ccccc3)C(=O)[C@@H]1[C@H]1C(=O)N(CCCCCCO)C3C(=O)N(c4ccccc4Cl)CC=C[C@@]31O2. The van der Waals surface area contributed by atoms with Crippen LogP contribution in [0.5, 0.6) is 0 Å². The molecule has 226 valence electrons.